The first-order valence-corrected chi connectivity index (χ1v) is 5.54. The Morgan fingerprint density at radius 1 is 1.08 bits per heavy atom. The van der Waals surface area contributed by atoms with E-state index in [0.717, 1.165) is 17.8 Å². The van der Waals surface area contributed by atoms with Gasteiger partial charge in [-0.25, -0.2) is 0 Å². The molecule has 0 bridgehead atoms. The third-order valence-electron chi connectivity index (χ3n) is 4.14. The van der Waals surface area contributed by atoms with Gasteiger partial charge in [-0.2, -0.15) is 0 Å². The predicted molar refractivity (Wildman–Crippen MR) is 51.8 cm³/mol. The SMILES string of the molecule is CC1C(N)CC2CCCCCC21. The summed E-state index contributed by atoms with van der Waals surface area (Å²) in [5.74, 6) is 2.76. The van der Waals surface area contributed by atoms with Crippen molar-refractivity contribution >= 4 is 0 Å². The second-order valence-corrected chi connectivity index (χ2v) is 4.82. The van der Waals surface area contributed by atoms with Gasteiger partial charge in [0.05, 0.1) is 0 Å². The minimum absolute atomic E-state index is 0.512. The Morgan fingerprint density at radius 3 is 2.67 bits per heavy atom. The molecule has 1 heteroatoms. The van der Waals surface area contributed by atoms with Crippen LogP contribution in [0.1, 0.15) is 45.4 Å². The van der Waals surface area contributed by atoms with Crippen molar-refractivity contribution in [3.8, 4) is 0 Å². The van der Waals surface area contributed by atoms with Crippen LogP contribution in [0.15, 0.2) is 0 Å². The van der Waals surface area contributed by atoms with Gasteiger partial charge in [-0.15, -0.1) is 0 Å². The zero-order valence-electron chi connectivity index (χ0n) is 8.13. The van der Waals surface area contributed by atoms with Crippen LogP contribution in [-0.2, 0) is 0 Å². The summed E-state index contributed by atoms with van der Waals surface area (Å²) in [4.78, 5) is 0. The fourth-order valence-electron chi connectivity index (χ4n) is 3.28. The van der Waals surface area contributed by atoms with Gasteiger partial charge in [0.1, 0.15) is 0 Å². The summed E-state index contributed by atoms with van der Waals surface area (Å²) >= 11 is 0. The maximum absolute atomic E-state index is 6.09. The lowest BCUT2D eigenvalue weighted by atomic mass is 9.86. The molecule has 0 aromatic carbocycles. The van der Waals surface area contributed by atoms with Gasteiger partial charge in [-0.3, -0.25) is 0 Å². The van der Waals surface area contributed by atoms with E-state index in [0.29, 0.717) is 6.04 Å². The van der Waals surface area contributed by atoms with Gasteiger partial charge < -0.3 is 5.73 Å². The highest BCUT2D eigenvalue weighted by atomic mass is 14.7. The van der Waals surface area contributed by atoms with Crippen LogP contribution < -0.4 is 5.73 Å². The Labute approximate surface area is 75.7 Å². The second-order valence-electron chi connectivity index (χ2n) is 4.82. The van der Waals surface area contributed by atoms with E-state index in [9.17, 15) is 0 Å². The van der Waals surface area contributed by atoms with Crippen LogP contribution in [0.2, 0.25) is 0 Å². The molecule has 2 saturated carbocycles. The Balaban J connectivity index is 2.04. The summed E-state index contributed by atoms with van der Waals surface area (Å²) in [7, 11) is 0. The molecule has 1 nitrogen and oxygen atoms in total. The predicted octanol–water partition coefficient (Wildman–Crippen LogP) is 2.55. The zero-order chi connectivity index (χ0) is 8.55. The molecule has 0 aliphatic heterocycles. The highest BCUT2D eigenvalue weighted by Gasteiger charge is 2.38. The average Bonchev–Trinajstić information content (AvgIpc) is 2.30. The van der Waals surface area contributed by atoms with Crippen molar-refractivity contribution in [1.82, 2.24) is 0 Å². The molecule has 12 heavy (non-hydrogen) atoms. The van der Waals surface area contributed by atoms with Crippen molar-refractivity contribution in [2.75, 3.05) is 0 Å². The molecule has 2 N–H and O–H groups in total. The summed E-state index contributed by atoms with van der Waals surface area (Å²) in [6, 6.07) is 0.512. The molecule has 0 saturated heterocycles. The van der Waals surface area contributed by atoms with E-state index in [-0.39, 0.29) is 0 Å². The molecule has 0 spiro atoms. The van der Waals surface area contributed by atoms with Crippen molar-refractivity contribution in [2.45, 2.75) is 51.5 Å². The third kappa shape index (κ3) is 1.39. The lowest BCUT2D eigenvalue weighted by Gasteiger charge is -2.20. The smallest absolute Gasteiger partial charge is 0.00700 e. The van der Waals surface area contributed by atoms with E-state index in [4.69, 9.17) is 5.73 Å². The first-order chi connectivity index (χ1) is 5.79. The molecular weight excluding hydrogens is 146 g/mol. The minimum atomic E-state index is 0.512. The van der Waals surface area contributed by atoms with Crippen molar-refractivity contribution < 1.29 is 0 Å². The molecule has 2 aliphatic carbocycles. The summed E-state index contributed by atoms with van der Waals surface area (Å²) < 4.78 is 0. The van der Waals surface area contributed by atoms with E-state index in [2.05, 4.69) is 6.92 Å². The first kappa shape index (κ1) is 8.55. The van der Waals surface area contributed by atoms with Gasteiger partial charge >= 0.3 is 0 Å². The van der Waals surface area contributed by atoms with E-state index in [1.54, 1.807) is 0 Å². The van der Waals surface area contributed by atoms with Crippen molar-refractivity contribution in [3.63, 3.8) is 0 Å². The molecule has 0 aromatic heterocycles. The Hall–Kier alpha value is -0.0400. The van der Waals surface area contributed by atoms with Crippen molar-refractivity contribution in [3.05, 3.63) is 0 Å². The minimum Gasteiger partial charge on any atom is -0.327 e. The quantitative estimate of drug-likeness (QED) is 0.589. The monoisotopic (exact) mass is 167 g/mol. The molecule has 0 aromatic rings. The maximum atomic E-state index is 6.09. The summed E-state index contributed by atoms with van der Waals surface area (Å²) in [5, 5.41) is 0. The lowest BCUT2D eigenvalue weighted by molar-refractivity contribution is 0.304. The normalized spacial score (nSPS) is 48.5. The van der Waals surface area contributed by atoms with Gasteiger partial charge in [0.25, 0.3) is 0 Å². The topological polar surface area (TPSA) is 26.0 Å². The summed E-state index contributed by atoms with van der Waals surface area (Å²) in [5.41, 5.74) is 6.09. The average molecular weight is 167 g/mol. The number of fused-ring (bicyclic) bond motifs is 1. The fraction of sp³-hybridized carbons (Fsp3) is 1.00. The molecule has 0 heterocycles. The molecule has 0 amide bonds. The zero-order valence-corrected chi connectivity index (χ0v) is 8.13. The van der Waals surface area contributed by atoms with Gasteiger partial charge in [-0.05, 0) is 30.6 Å². The number of rotatable bonds is 0. The summed E-state index contributed by atoms with van der Waals surface area (Å²) in [6.07, 6.45) is 8.61. The van der Waals surface area contributed by atoms with Crippen LogP contribution in [0.3, 0.4) is 0 Å². The third-order valence-corrected chi connectivity index (χ3v) is 4.14. The van der Waals surface area contributed by atoms with E-state index < -0.39 is 0 Å². The summed E-state index contributed by atoms with van der Waals surface area (Å²) in [6.45, 7) is 2.36. The van der Waals surface area contributed by atoms with Crippen molar-refractivity contribution in [1.29, 1.82) is 0 Å². The Morgan fingerprint density at radius 2 is 1.83 bits per heavy atom. The number of hydrogen-bond acceptors (Lipinski definition) is 1. The largest absolute Gasteiger partial charge is 0.327 e. The van der Waals surface area contributed by atoms with E-state index >= 15 is 0 Å². The van der Waals surface area contributed by atoms with Crippen LogP contribution in [0.25, 0.3) is 0 Å². The molecule has 2 rings (SSSR count). The van der Waals surface area contributed by atoms with Crippen LogP contribution >= 0.6 is 0 Å². The molecule has 70 valence electrons. The van der Waals surface area contributed by atoms with Gasteiger partial charge in [-0.1, -0.05) is 32.6 Å². The van der Waals surface area contributed by atoms with Gasteiger partial charge in [0.15, 0.2) is 0 Å². The Kier molecular flexibility index (Phi) is 2.40. The fourth-order valence-corrected chi connectivity index (χ4v) is 3.28. The Bertz CT molecular complexity index is 155. The number of nitrogens with two attached hydrogens (primary N) is 1. The van der Waals surface area contributed by atoms with Crippen LogP contribution in [0.4, 0.5) is 0 Å². The molecule has 4 unspecified atom stereocenters. The van der Waals surface area contributed by atoms with Crippen molar-refractivity contribution in [2.24, 2.45) is 23.5 Å². The standard InChI is InChI=1S/C11H21N/c1-8-10-6-4-2-3-5-9(10)7-11(8)12/h8-11H,2-7,12H2,1H3. The highest BCUT2D eigenvalue weighted by molar-refractivity contribution is 4.91. The highest BCUT2D eigenvalue weighted by Crippen LogP contribution is 2.43. The molecule has 0 radical (unpaired) electrons. The van der Waals surface area contributed by atoms with Crippen LogP contribution in [-0.4, -0.2) is 6.04 Å². The van der Waals surface area contributed by atoms with E-state index in [1.165, 1.54) is 38.5 Å². The molecular formula is C11H21N. The van der Waals surface area contributed by atoms with Crippen LogP contribution in [0, 0.1) is 17.8 Å². The molecule has 4 atom stereocenters. The van der Waals surface area contributed by atoms with E-state index in [1.807, 2.05) is 0 Å². The lowest BCUT2D eigenvalue weighted by Crippen LogP contribution is -2.25. The van der Waals surface area contributed by atoms with Gasteiger partial charge in [0, 0.05) is 6.04 Å². The maximum Gasteiger partial charge on any atom is 0.00700 e. The second kappa shape index (κ2) is 3.37. The molecule has 2 aliphatic rings. The molecule has 2 fully saturated rings. The van der Waals surface area contributed by atoms with Gasteiger partial charge in [0.2, 0.25) is 0 Å². The van der Waals surface area contributed by atoms with Crippen LogP contribution in [0.5, 0.6) is 0 Å². The number of hydrogen-bond donors (Lipinski definition) is 1. The first-order valence-electron chi connectivity index (χ1n) is 5.54.